The third kappa shape index (κ3) is 8.00. The van der Waals surface area contributed by atoms with Crippen LogP contribution in [0.2, 0.25) is 0 Å². The summed E-state index contributed by atoms with van der Waals surface area (Å²) in [5, 5.41) is 38.8. The van der Waals surface area contributed by atoms with Crippen molar-refractivity contribution in [1.29, 1.82) is 0 Å². The minimum Gasteiger partial charge on any atom is -0.460 e. The number of esters is 1. The number of hydrogen-bond acceptors (Lipinski definition) is 7. The maximum atomic E-state index is 11.7. The van der Waals surface area contributed by atoms with E-state index in [4.69, 9.17) is 9.47 Å². The fourth-order valence-electron chi connectivity index (χ4n) is 2.85. The maximum Gasteiger partial charge on any atom is 0.305 e. The Balaban J connectivity index is 2.09. The molecule has 0 aromatic carbocycles. The molecule has 4 atom stereocenters. The Kier molecular flexibility index (Phi) is 10.5. The molecule has 1 rings (SSSR count). The lowest BCUT2D eigenvalue weighted by Gasteiger charge is -2.40. The monoisotopic (exact) mass is 362 g/mol. The first-order valence-electron chi connectivity index (χ1n) is 9.47. The standard InChI is InChI=1S/C18H34O7/c1-2-3-4-5-6-7-8-9-10-11-15(20)24-13-18(23)17(22)16(21)14(19)12-25-18/h14,16-17,19,21-23H,2-13H2,1H3/t14-,16-,17+,18-/m1/s1. The second-order valence-corrected chi connectivity index (χ2v) is 6.90. The van der Waals surface area contributed by atoms with Gasteiger partial charge in [-0.1, -0.05) is 58.3 Å². The third-order valence-electron chi connectivity index (χ3n) is 4.61. The van der Waals surface area contributed by atoms with Crippen LogP contribution in [0.5, 0.6) is 0 Å². The molecule has 0 saturated carbocycles. The predicted octanol–water partition coefficient (Wildman–Crippen LogP) is 1.25. The van der Waals surface area contributed by atoms with Crippen LogP contribution in [-0.2, 0) is 14.3 Å². The van der Waals surface area contributed by atoms with Crippen LogP contribution in [0.4, 0.5) is 0 Å². The molecule has 25 heavy (non-hydrogen) atoms. The smallest absolute Gasteiger partial charge is 0.305 e. The van der Waals surface area contributed by atoms with Crippen LogP contribution in [-0.4, -0.2) is 63.7 Å². The average molecular weight is 362 g/mol. The molecular formula is C18H34O7. The van der Waals surface area contributed by atoms with Crippen molar-refractivity contribution < 1.29 is 34.7 Å². The Morgan fingerprint density at radius 2 is 1.60 bits per heavy atom. The van der Waals surface area contributed by atoms with E-state index in [1.807, 2.05) is 0 Å². The number of aliphatic hydroxyl groups is 4. The highest BCUT2D eigenvalue weighted by molar-refractivity contribution is 5.69. The average Bonchev–Trinajstić information content (AvgIpc) is 2.60. The molecule has 0 amide bonds. The van der Waals surface area contributed by atoms with Gasteiger partial charge in [-0.25, -0.2) is 0 Å². The lowest BCUT2D eigenvalue weighted by atomic mass is 9.97. The zero-order valence-electron chi connectivity index (χ0n) is 15.2. The van der Waals surface area contributed by atoms with Crippen LogP contribution in [0.25, 0.3) is 0 Å². The first-order chi connectivity index (χ1) is 11.9. The molecule has 1 saturated heterocycles. The number of aliphatic hydroxyl groups excluding tert-OH is 3. The van der Waals surface area contributed by atoms with Crippen molar-refractivity contribution >= 4 is 5.97 Å². The number of carbonyl (C=O) groups is 1. The fourth-order valence-corrected chi connectivity index (χ4v) is 2.85. The predicted molar refractivity (Wildman–Crippen MR) is 91.7 cm³/mol. The topological polar surface area (TPSA) is 116 Å². The van der Waals surface area contributed by atoms with Crippen LogP contribution in [0.15, 0.2) is 0 Å². The molecule has 7 nitrogen and oxygen atoms in total. The van der Waals surface area contributed by atoms with Gasteiger partial charge in [0, 0.05) is 6.42 Å². The molecule has 0 spiro atoms. The van der Waals surface area contributed by atoms with Gasteiger partial charge in [-0.15, -0.1) is 0 Å². The minimum atomic E-state index is -2.19. The largest absolute Gasteiger partial charge is 0.460 e. The summed E-state index contributed by atoms with van der Waals surface area (Å²) in [6.45, 7) is 1.28. The summed E-state index contributed by atoms with van der Waals surface area (Å²) in [5.74, 6) is -2.67. The van der Waals surface area contributed by atoms with Crippen molar-refractivity contribution in [3.63, 3.8) is 0 Å². The van der Waals surface area contributed by atoms with Gasteiger partial charge in [-0.3, -0.25) is 4.79 Å². The van der Waals surface area contributed by atoms with Gasteiger partial charge < -0.3 is 29.9 Å². The van der Waals surface area contributed by atoms with E-state index in [9.17, 15) is 25.2 Å². The first-order valence-corrected chi connectivity index (χ1v) is 9.47. The molecule has 7 heteroatoms. The van der Waals surface area contributed by atoms with Crippen LogP contribution >= 0.6 is 0 Å². The summed E-state index contributed by atoms with van der Waals surface area (Å²) >= 11 is 0. The molecule has 0 bridgehead atoms. The number of ether oxygens (including phenoxy) is 2. The minimum absolute atomic E-state index is 0.243. The molecule has 148 valence electrons. The Bertz CT molecular complexity index is 376. The Morgan fingerprint density at radius 3 is 2.20 bits per heavy atom. The fraction of sp³-hybridized carbons (Fsp3) is 0.944. The second-order valence-electron chi connectivity index (χ2n) is 6.90. The molecule has 4 N–H and O–H groups in total. The van der Waals surface area contributed by atoms with Crippen LogP contribution < -0.4 is 0 Å². The van der Waals surface area contributed by atoms with Crippen LogP contribution in [0.3, 0.4) is 0 Å². The van der Waals surface area contributed by atoms with Crippen molar-refractivity contribution in [2.24, 2.45) is 0 Å². The van der Waals surface area contributed by atoms with E-state index in [1.165, 1.54) is 38.5 Å². The SMILES string of the molecule is CCCCCCCCCCCC(=O)OC[C@@]1(O)OC[C@@H](O)[C@@H](O)[C@@H]1O. The summed E-state index contributed by atoms with van der Waals surface area (Å²) in [6.07, 6.45) is 5.98. The zero-order chi connectivity index (χ0) is 18.7. The second kappa shape index (κ2) is 11.8. The molecular weight excluding hydrogens is 328 g/mol. The highest BCUT2D eigenvalue weighted by Gasteiger charge is 2.49. The van der Waals surface area contributed by atoms with Crippen LogP contribution in [0.1, 0.15) is 71.1 Å². The van der Waals surface area contributed by atoms with E-state index in [1.54, 1.807) is 0 Å². The van der Waals surface area contributed by atoms with Gasteiger partial charge in [-0.2, -0.15) is 0 Å². The van der Waals surface area contributed by atoms with Crippen LogP contribution in [0, 0.1) is 0 Å². The lowest BCUT2D eigenvalue weighted by Crippen LogP contribution is -2.63. The number of unbranched alkanes of at least 4 members (excludes halogenated alkanes) is 8. The summed E-state index contributed by atoms with van der Waals surface area (Å²) in [7, 11) is 0. The van der Waals surface area contributed by atoms with Gasteiger partial charge in [0.15, 0.2) is 0 Å². The van der Waals surface area contributed by atoms with Crippen molar-refractivity contribution in [2.45, 2.75) is 95.2 Å². The number of carbonyl (C=O) groups excluding carboxylic acids is 1. The quantitative estimate of drug-likeness (QED) is 0.305. The molecule has 1 heterocycles. The summed E-state index contributed by atoms with van der Waals surface area (Å²) in [6, 6.07) is 0. The van der Waals surface area contributed by atoms with Crippen molar-refractivity contribution in [2.75, 3.05) is 13.2 Å². The molecule has 0 radical (unpaired) electrons. The molecule has 0 aliphatic carbocycles. The number of hydrogen-bond donors (Lipinski definition) is 4. The van der Waals surface area contributed by atoms with Gasteiger partial charge in [0.05, 0.1) is 6.61 Å². The Hall–Kier alpha value is -0.730. The van der Waals surface area contributed by atoms with Gasteiger partial charge in [0.25, 0.3) is 0 Å². The van der Waals surface area contributed by atoms with E-state index < -0.39 is 36.7 Å². The summed E-state index contributed by atoms with van der Waals surface area (Å²) in [4.78, 5) is 11.7. The maximum absolute atomic E-state index is 11.7. The van der Waals surface area contributed by atoms with E-state index in [2.05, 4.69) is 6.92 Å². The highest BCUT2D eigenvalue weighted by atomic mass is 16.7. The Morgan fingerprint density at radius 1 is 1.04 bits per heavy atom. The lowest BCUT2D eigenvalue weighted by molar-refractivity contribution is -0.332. The Labute approximate surface area is 150 Å². The van der Waals surface area contributed by atoms with Crippen molar-refractivity contribution in [3.8, 4) is 0 Å². The number of rotatable bonds is 12. The first kappa shape index (κ1) is 22.3. The normalized spacial score (nSPS) is 29.6. The van der Waals surface area contributed by atoms with E-state index in [0.29, 0.717) is 0 Å². The zero-order valence-corrected chi connectivity index (χ0v) is 15.2. The van der Waals surface area contributed by atoms with E-state index in [0.717, 1.165) is 19.3 Å². The van der Waals surface area contributed by atoms with Gasteiger partial charge >= 0.3 is 5.97 Å². The van der Waals surface area contributed by atoms with E-state index in [-0.39, 0.29) is 13.0 Å². The van der Waals surface area contributed by atoms with Gasteiger partial charge in [0.1, 0.15) is 24.9 Å². The van der Waals surface area contributed by atoms with Crippen molar-refractivity contribution in [3.05, 3.63) is 0 Å². The summed E-state index contributed by atoms with van der Waals surface area (Å²) in [5.41, 5.74) is 0. The molecule has 0 aromatic rings. The van der Waals surface area contributed by atoms with Gasteiger partial charge in [-0.05, 0) is 6.42 Å². The molecule has 1 fully saturated rings. The third-order valence-corrected chi connectivity index (χ3v) is 4.61. The molecule has 1 aliphatic rings. The van der Waals surface area contributed by atoms with Crippen molar-refractivity contribution in [1.82, 2.24) is 0 Å². The van der Waals surface area contributed by atoms with E-state index >= 15 is 0 Å². The highest BCUT2D eigenvalue weighted by Crippen LogP contribution is 2.24. The van der Waals surface area contributed by atoms with Gasteiger partial charge in [0.2, 0.25) is 5.79 Å². The molecule has 1 aliphatic heterocycles. The molecule has 0 unspecified atom stereocenters. The summed E-state index contributed by atoms with van der Waals surface area (Å²) < 4.78 is 9.87. The molecule has 0 aromatic heterocycles.